The van der Waals surface area contributed by atoms with Crippen LogP contribution in [0.1, 0.15) is 61.5 Å². The third-order valence-electron chi connectivity index (χ3n) is 7.01. The van der Waals surface area contributed by atoms with Crippen LogP contribution < -0.4 is 0 Å². The quantitative estimate of drug-likeness (QED) is 0.729. The molecule has 0 radical (unpaired) electrons. The largest absolute Gasteiger partial charge is 0.376 e. The SMILES string of the molecule is CC(=O)c1cc(CN2CCC3(CCC(=O)N(CC4CCCO4)C3)CC2)n(C)c1. The van der Waals surface area contributed by atoms with Crippen LogP contribution in [-0.4, -0.2) is 64.9 Å². The van der Waals surface area contributed by atoms with E-state index < -0.39 is 0 Å². The molecule has 0 N–H and O–H groups in total. The summed E-state index contributed by atoms with van der Waals surface area (Å²) in [5, 5.41) is 0. The predicted molar refractivity (Wildman–Crippen MR) is 107 cm³/mol. The average Bonchev–Trinajstić information content (AvgIpc) is 3.31. The molecule has 0 bridgehead atoms. The lowest BCUT2D eigenvalue weighted by molar-refractivity contribution is -0.141. The lowest BCUT2D eigenvalue weighted by atomic mass is 9.72. The highest BCUT2D eigenvalue weighted by molar-refractivity contribution is 5.94. The molecule has 3 fully saturated rings. The summed E-state index contributed by atoms with van der Waals surface area (Å²) in [6, 6.07) is 2.02. The monoisotopic (exact) mass is 387 g/mol. The van der Waals surface area contributed by atoms with Crippen LogP contribution in [0.15, 0.2) is 12.3 Å². The fourth-order valence-corrected chi connectivity index (χ4v) is 5.09. The summed E-state index contributed by atoms with van der Waals surface area (Å²) in [6.07, 6.45) is 8.39. The van der Waals surface area contributed by atoms with Crippen LogP contribution in [0.5, 0.6) is 0 Å². The molecule has 0 saturated carbocycles. The van der Waals surface area contributed by atoms with Crippen LogP contribution in [-0.2, 0) is 23.1 Å². The lowest BCUT2D eigenvalue weighted by Gasteiger charge is -2.47. The number of carbonyl (C=O) groups is 2. The van der Waals surface area contributed by atoms with Crippen LogP contribution in [0, 0.1) is 5.41 Å². The van der Waals surface area contributed by atoms with Gasteiger partial charge in [0.15, 0.2) is 5.78 Å². The molecule has 3 aliphatic heterocycles. The van der Waals surface area contributed by atoms with Crippen molar-refractivity contribution in [1.29, 1.82) is 0 Å². The Morgan fingerprint density at radius 1 is 1.29 bits per heavy atom. The van der Waals surface area contributed by atoms with E-state index >= 15 is 0 Å². The van der Waals surface area contributed by atoms with Crippen LogP contribution >= 0.6 is 0 Å². The highest BCUT2D eigenvalue weighted by atomic mass is 16.5. The molecule has 1 aromatic heterocycles. The number of ketones is 1. The molecule has 0 aliphatic carbocycles. The lowest BCUT2D eigenvalue weighted by Crippen LogP contribution is -2.52. The highest BCUT2D eigenvalue weighted by Crippen LogP contribution is 2.40. The van der Waals surface area contributed by atoms with Gasteiger partial charge in [-0.15, -0.1) is 0 Å². The molecule has 3 aliphatic rings. The summed E-state index contributed by atoms with van der Waals surface area (Å²) in [5.74, 6) is 0.432. The van der Waals surface area contributed by atoms with Crippen LogP contribution in [0.2, 0.25) is 0 Å². The second kappa shape index (κ2) is 7.99. The van der Waals surface area contributed by atoms with E-state index in [1.807, 2.05) is 19.3 Å². The number of carbonyl (C=O) groups excluding carboxylic acids is 2. The van der Waals surface area contributed by atoms with Crippen LogP contribution in [0.3, 0.4) is 0 Å². The topological polar surface area (TPSA) is 54.8 Å². The first-order valence-corrected chi connectivity index (χ1v) is 10.7. The first-order valence-electron chi connectivity index (χ1n) is 10.7. The average molecular weight is 388 g/mol. The Labute approximate surface area is 167 Å². The maximum Gasteiger partial charge on any atom is 0.222 e. The Morgan fingerprint density at radius 3 is 2.71 bits per heavy atom. The highest BCUT2D eigenvalue weighted by Gasteiger charge is 2.41. The van der Waals surface area contributed by atoms with Crippen molar-refractivity contribution in [3.63, 3.8) is 0 Å². The zero-order chi connectivity index (χ0) is 19.7. The number of aromatic nitrogens is 1. The molecule has 1 atom stereocenters. The van der Waals surface area contributed by atoms with Gasteiger partial charge in [-0.3, -0.25) is 14.5 Å². The van der Waals surface area contributed by atoms with E-state index in [4.69, 9.17) is 4.74 Å². The molecule has 0 aromatic carbocycles. The molecule has 154 valence electrons. The van der Waals surface area contributed by atoms with E-state index in [1.54, 1.807) is 6.92 Å². The molecule has 6 nitrogen and oxygen atoms in total. The molecule has 3 saturated heterocycles. The maximum atomic E-state index is 12.4. The van der Waals surface area contributed by atoms with E-state index in [0.29, 0.717) is 12.3 Å². The molecule has 28 heavy (non-hydrogen) atoms. The first kappa shape index (κ1) is 19.6. The molecular formula is C22H33N3O3. The van der Waals surface area contributed by atoms with E-state index in [9.17, 15) is 9.59 Å². The van der Waals surface area contributed by atoms with Gasteiger partial charge >= 0.3 is 0 Å². The second-order valence-corrected chi connectivity index (χ2v) is 9.07. The number of hydrogen-bond acceptors (Lipinski definition) is 4. The van der Waals surface area contributed by atoms with Gasteiger partial charge in [-0.05, 0) is 63.6 Å². The number of likely N-dealkylation sites (tertiary alicyclic amines) is 2. The molecule has 4 rings (SSSR count). The Morgan fingerprint density at radius 2 is 2.07 bits per heavy atom. The van der Waals surface area contributed by atoms with Crippen molar-refractivity contribution < 1.29 is 14.3 Å². The van der Waals surface area contributed by atoms with Crippen molar-refractivity contribution in [2.24, 2.45) is 12.5 Å². The Hall–Kier alpha value is -1.66. The number of hydrogen-bond donors (Lipinski definition) is 0. The van der Waals surface area contributed by atoms with Gasteiger partial charge in [0.25, 0.3) is 0 Å². The minimum absolute atomic E-state index is 0.123. The Balaban J connectivity index is 1.33. The number of Topliss-reactive ketones (excluding diaryl/α,β-unsaturated/α-hetero) is 1. The van der Waals surface area contributed by atoms with E-state index in [2.05, 4.69) is 14.4 Å². The zero-order valence-corrected chi connectivity index (χ0v) is 17.3. The minimum atomic E-state index is 0.123. The van der Waals surface area contributed by atoms with E-state index in [1.165, 1.54) is 5.69 Å². The summed E-state index contributed by atoms with van der Waals surface area (Å²) in [6.45, 7) is 7.15. The van der Waals surface area contributed by atoms with Gasteiger partial charge in [0.1, 0.15) is 0 Å². The number of amides is 1. The first-order chi connectivity index (χ1) is 13.4. The van der Waals surface area contributed by atoms with E-state index in [0.717, 1.165) is 77.0 Å². The number of aryl methyl sites for hydroxylation is 1. The second-order valence-electron chi connectivity index (χ2n) is 9.07. The number of nitrogens with zero attached hydrogens (tertiary/aromatic N) is 3. The van der Waals surface area contributed by atoms with Gasteiger partial charge in [0.2, 0.25) is 5.91 Å². The minimum Gasteiger partial charge on any atom is -0.376 e. The Kier molecular flexibility index (Phi) is 5.61. The smallest absolute Gasteiger partial charge is 0.222 e. The maximum absolute atomic E-state index is 12.4. The molecule has 1 amide bonds. The summed E-state index contributed by atoms with van der Waals surface area (Å²) in [4.78, 5) is 28.6. The van der Waals surface area contributed by atoms with Gasteiger partial charge in [-0.1, -0.05) is 0 Å². The zero-order valence-electron chi connectivity index (χ0n) is 17.3. The normalized spacial score (nSPS) is 25.6. The van der Waals surface area contributed by atoms with Gasteiger partial charge in [0.05, 0.1) is 6.10 Å². The number of ether oxygens (including phenoxy) is 1. The fourth-order valence-electron chi connectivity index (χ4n) is 5.09. The summed E-state index contributed by atoms with van der Waals surface area (Å²) in [5.41, 5.74) is 2.27. The summed E-state index contributed by atoms with van der Waals surface area (Å²) < 4.78 is 7.84. The molecule has 4 heterocycles. The van der Waals surface area contributed by atoms with E-state index in [-0.39, 0.29) is 17.3 Å². The van der Waals surface area contributed by atoms with Gasteiger partial charge in [-0.2, -0.15) is 0 Å². The Bertz CT molecular complexity index is 727. The molecule has 1 spiro atoms. The van der Waals surface area contributed by atoms with Crippen molar-refractivity contribution in [2.75, 3.05) is 32.8 Å². The third-order valence-corrected chi connectivity index (χ3v) is 7.01. The standard InChI is InChI=1S/C22H33N3O3/c1-17(26)18-12-19(23(2)13-18)14-24-9-7-22(8-10-24)6-5-21(27)25(16-22)15-20-4-3-11-28-20/h12-13,20H,3-11,14-16H2,1-2H3. The van der Waals surface area contributed by atoms with Crippen molar-refractivity contribution in [3.8, 4) is 0 Å². The van der Waals surface area contributed by atoms with Gasteiger partial charge < -0.3 is 14.2 Å². The summed E-state index contributed by atoms with van der Waals surface area (Å²) >= 11 is 0. The third kappa shape index (κ3) is 4.18. The fraction of sp³-hybridized carbons (Fsp3) is 0.727. The van der Waals surface area contributed by atoms with Crippen molar-refractivity contribution in [1.82, 2.24) is 14.4 Å². The number of rotatable bonds is 5. The number of piperidine rings is 2. The molecule has 6 heteroatoms. The van der Waals surface area contributed by atoms with Gasteiger partial charge in [-0.25, -0.2) is 0 Å². The molecule has 1 aromatic rings. The van der Waals surface area contributed by atoms with Crippen molar-refractivity contribution >= 4 is 11.7 Å². The van der Waals surface area contributed by atoms with Crippen molar-refractivity contribution in [3.05, 3.63) is 23.5 Å². The van der Waals surface area contributed by atoms with Crippen molar-refractivity contribution in [2.45, 2.75) is 58.1 Å². The van der Waals surface area contributed by atoms with Crippen LogP contribution in [0.25, 0.3) is 0 Å². The van der Waals surface area contributed by atoms with Crippen LogP contribution in [0.4, 0.5) is 0 Å². The molecular weight excluding hydrogens is 354 g/mol. The predicted octanol–water partition coefficient (Wildman–Crippen LogP) is 2.61. The molecule has 1 unspecified atom stereocenters. The summed E-state index contributed by atoms with van der Waals surface area (Å²) in [7, 11) is 2.02. The van der Waals surface area contributed by atoms with Gasteiger partial charge in [0, 0.05) is 57.2 Å².